The lowest BCUT2D eigenvalue weighted by Gasteiger charge is -2.34. The molecular weight excluding hydrogens is 352 g/mol. The van der Waals surface area contributed by atoms with Crippen molar-refractivity contribution in [3.8, 4) is 9.88 Å². The molecule has 0 radical (unpaired) electrons. The third kappa shape index (κ3) is 3.59. The van der Waals surface area contributed by atoms with Gasteiger partial charge in [0.15, 0.2) is 0 Å². The lowest BCUT2D eigenvalue weighted by atomic mass is 10.2. The van der Waals surface area contributed by atoms with E-state index in [4.69, 9.17) is 5.11 Å². The summed E-state index contributed by atoms with van der Waals surface area (Å²) in [5.74, 6) is 0.565. The van der Waals surface area contributed by atoms with Gasteiger partial charge in [0, 0.05) is 18.1 Å². The average molecular weight is 369 g/mol. The molecule has 122 valence electrons. The maximum Gasteiger partial charge on any atom is 0.305 e. The van der Waals surface area contributed by atoms with E-state index in [1.807, 2.05) is 24.4 Å². The zero-order chi connectivity index (χ0) is 16.4. The molecule has 1 saturated heterocycles. The van der Waals surface area contributed by atoms with Gasteiger partial charge in [0.25, 0.3) is 5.91 Å². The Morgan fingerprint density at radius 2 is 2.30 bits per heavy atom. The highest BCUT2D eigenvalue weighted by atomic mass is 32.2. The molecule has 0 bridgehead atoms. The normalized spacial score (nSPS) is 18.1. The molecule has 1 amide bonds. The van der Waals surface area contributed by atoms with E-state index >= 15 is 0 Å². The fraction of sp³-hybridized carbons (Fsp3) is 0.400. The number of hydrogen-bond donors (Lipinski definition) is 1. The number of thiophene rings is 1. The van der Waals surface area contributed by atoms with E-state index in [9.17, 15) is 9.59 Å². The van der Waals surface area contributed by atoms with Crippen molar-refractivity contribution in [3.63, 3.8) is 0 Å². The van der Waals surface area contributed by atoms with Crippen molar-refractivity contribution < 1.29 is 14.7 Å². The standard InChI is InChI=1S/C15H16N2O3S3/c1-9-13(23-14(16-9)11-3-2-5-22-11)15(20)17-4-6-21-8-10(17)7-12(18)19/h2-3,5,10H,4,6-8H2,1H3,(H,18,19). The number of thioether (sulfide) groups is 1. The molecule has 1 atom stereocenters. The summed E-state index contributed by atoms with van der Waals surface area (Å²) in [7, 11) is 0. The van der Waals surface area contributed by atoms with Gasteiger partial charge in [-0.1, -0.05) is 6.07 Å². The topological polar surface area (TPSA) is 70.5 Å². The quantitative estimate of drug-likeness (QED) is 0.897. The Balaban J connectivity index is 1.85. The maximum atomic E-state index is 12.9. The smallest absolute Gasteiger partial charge is 0.305 e. The second kappa shape index (κ2) is 7.02. The van der Waals surface area contributed by atoms with E-state index in [0.717, 1.165) is 21.3 Å². The highest BCUT2D eigenvalue weighted by Gasteiger charge is 2.31. The molecule has 0 aliphatic carbocycles. The van der Waals surface area contributed by atoms with Gasteiger partial charge in [0.1, 0.15) is 9.88 Å². The summed E-state index contributed by atoms with van der Waals surface area (Å²) in [5.41, 5.74) is 0.718. The number of rotatable bonds is 4. The van der Waals surface area contributed by atoms with Crippen molar-refractivity contribution in [2.75, 3.05) is 18.1 Å². The summed E-state index contributed by atoms with van der Waals surface area (Å²) in [6.45, 7) is 2.43. The molecule has 0 aromatic carbocycles. The molecule has 1 aliphatic rings. The largest absolute Gasteiger partial charge is 0.481 e. The second-order valence-electron chi connectivity index (χ2n) is 5.24. The summed E-state index contributed by atoms with van der Waals surface area (Å²) in [4.78, 5) is 31.8. The number of amides is 1. The molecule has 1 fully saturated rings. The molecule has 2 aromatic rings. The molecule has 23 heavy (non-hydrogen) atoms. The number of aromatic nitrogens is 1. The Kier molecular flexibility index (Phi) is 5.03. The SMILES string of the molecule is Cc1nc(-c2cccs2)sc1C(=O)N1CCSCC1CC(=O)O. The Bertz CT molecular complexity index is 712. The van der Waals surface area contributed by atoms with Gasteiger partial charge in [0.2, 0.25) is 0 Å². The number of carbonyl (C=O) groups is 2. The Hall–Kier alpha value is -1.38. The summed E-state index contributed by atoms with van der Waals surface area (Å²) >= 11 is 4.69. The van der Waals surface area contributed by atoms with Gasteiger partial charge >= 0.3 is 5.97 Å². The van der Waals surface area contributed by atoms with Crippen molar-refractivity contribution in [3.05, 3.63) is 28.1 Å². The molecule has 1 aliphatic heterocycles. The fourth-order valence-corrected chi connectivity index (χ4v) is 5.41. The van der Waals surface area contributed by atoms with E-state index in [-0.39, 0.29) is 18.4 Å². The van der Waals surface area contributed by atoms with Gasteiger partial charge in [-0.3, -0.25) is 9.59 Å². The molecule has 1 N–H and O–H groups in total. The van der Waals surface area contributed by atoms with Crippen LogP contribution in [0.1, 0.15) is 21.8 Å². The highest BCUT2D eigenvalue weighted by molar-refractivity contribution is 7.99. The number of carbonyl (C=O) groups excluding carboxylic acids is 1. The summed E-state index contributed by atoms with van der Waals surface area (Å²) in [6.07, 6.45) is -0.00558. The number of aryl methyl sites for hydroxylation is 1. The first-order valence-electron chi connectivity index (χ1n) is 7.18. The average Bonchev–Trinajstić information content (AvgIpc) is 3.15. The third-order valence-corrected chi connectivity index (χ3v) is 6.90. The van der Waals surface area contributed by atoms with Crippen molar-refractivity contribution in [1.29, 1.82) is 0 Å². The highest BCUT2D eigenvalue weighted by Crippen LogP contribution is 2.32. The van der Waals surface area contributed by atoms with Crippen molar-refractivity contribution in [1.82, 2.24) is 9.88 Å². The number of carboxylic acids is 1. The van der Waals surface area contributed by atoms with Gasteiger partial charge < -0.3 is 10.0 Å². The Morgan fingerprint density at radius 1 is 1.48 bits per heavy atom. The monoisotopic (exact) mass is 368 g/mol. The molecule has 5 nitrogen and oxygen atoms in total. The molecule has 0 saturated carbocycles. The molecular formula is C15H16N2O3S3. The van der Waals surface area contributed by atoms with Crippen LogP contribution in [-0.4, -0.2) is 51.0 Å². The molecule has 0 spiro atoms. The van der Waals surface area contributed by atoms with Crippen LogP contribution in [0.3, 0.4) is 0 Å². The molecule has 2 aromatic heterocycles. The zero-order valence-electron chi connectivity index (χ0n) is 12.5. The van der Waals surface area contributed by atoms with E-state index in [1.54, 1.807) is 28.0 Å². The van der Waals surface area contributed by atoms with Gasteiger partial charge in [-0.25, -0.2) is 4.98 Å². The van der Waals surface area contributed by atoms with E-state index in [1.165, 1.54) is 11.3 Å². The van der Waals surface area contributed by atoms with Crippen LogP contribution in [0, 0.1) is 6.92 Å². The van der Waals surface area contributed by atoms with E-state index < -0.39 is 5.97 Å². The van der Waals surface area contributed by atoms with Crippen LogP contribution in [0.4, 0.5) is 0 Å². The second-order valence-corrected chi connectivity index (χ2v) is 8.33. The van der Waals surface area contributed by atoms with Crippen molar-refractivity contribution >= 4 is 46.3 Å². The number of thiazole rings is 1. The van der Waals surface area contributed by atoms with Crippen molar-refractivity contribution in [2.45, 2.75) is 19.4 Å². The molecule has 8 heteroatoms. The van der Waals surface area contributed by atoms with Crippen LogP contribution >= 0.6 is 34.4 Å². The Morgan fingerprint density at radius 3 is 3.00 bits per heavy atom. The summed E-state index contributed by atoms with van der Waals surface area (Å²) in [5, 5.41) is 11.9. The van der Waals surface area contributed by atoms with Gasteiger partial charge in [-0.2, -0.15) is 11.8 Å². The third-order valence-electron chi connectivity index (χ3n) is 3.62. The van der Waals surface area contributed by atoms with Gasteiger partial charge in [-0.15, -0.1) is 22.7 Å². The molecule has 1 unspecified atom stereocenters. The maximum absolute atomic E-state index is 12.9. The first-order chi connectivity index (χ1) is 11.1. The first-order valence-corrected chi connectivity index (χ1v) is 10.0. The van der Waals surface area contributed by atoms with Crippen LogP contribution in [-0.2, 0) is 4.79 Å². The van der Waals surface area contributed by atoms with E-state index in [0.29, 0.717) is 17.2 Å². The van der Waals surface area contributed by atoms with Crippen LogP contribution in [0.2, 0.25) is 0 Å². The van der Waals surface area contributed by atoms with Gasteiger partial charge in [-0.05, 0) is 18.4 Å². The van der Waals surface area contributed by atoms with Crippen LogP contribution in [0.15, 0.2) is 17.5 Å². The van der Waals surface area contributed by atoms with Crippen LogP contribution < -0.4 is 0 Å². The fourth-order valence-electron chi connectivity index (χ4n) is 2.52. The van der Waals surface area contributed by atoms with Crippen molar-refractivity contribution in [2.24, 2.45) is 0 Å². The predicted octanol–water partition coefficient (Wildman–Crippen LogP) is 3.21. The molecule has 3 rings (SSSR count). The lowest BCUT2D eigenvalue weighted by Crippen LogP contribution is -2.47. The number of hydrogen-bond acceptors (Lipinski definition) is 6. The summed E-state index contributed by atoms with van der Waals surface area (Å²) < 4.78 is 0. The zero-order valence-corrected chi connectivity index (χ0v) is 15.0. The molecule has 3 heterocycles. The number of carboxylic acid groups (broad SMARTS) is 1. The minimum absolute atomic E-state index is 0.00558. The number of aliphatic carboxylic acids is 1. The minimum Gasteiger partial charge on any atom is -0.481 e. The predicted molar refractivity (Wildman–Crippen MR) is 94.6 cm³/mol. The number of nitrogens with zero attached hydrogens (tertiary/aromatic N) is 2. The van der Waals surface area contributed by atoms with Gasteiger partial charge in [0.05, 0.1) is 23.0 Å². The Labute approximate surface area is 146 Å². The lowest BCUT2D eigenvalue weighted by molar-refractivity contribution is -0.138. The van der Waals surface area contributed by atoms with Crippen LogP contribution in [0.25, 0.3) is 9.88 Å². The first kappa shape index (κ1) is 16.5. The van der Waals surface area contributed by atoms with Crippen LogP contribution in [0.5, 0.6) is 0 Å². The van der Waals surface area contributed by atoms with E-state index in [2.05, 4.69) is 4.98 Å². The minimum atomic E-state index is -0.865. The summed E-state index contributed by atoms with van der Waals surface area (Å²) in [6, 6.07) is 3.70.